The first-order valence-corrected chi connectivity index (χ1v) is 6.35. The predicted molar refractivity (Wildman–Crippen MR) is 73.1 cm³/mol. The van der Waals surface area contributed by atoms with Crippen LogP contribution in [-0.4, -0.2) is 6.10 Å². The average Bonchev–Trinajstić information content (AvgIpc) is 2.28. The lowest BCUT2D eigenvalue weighted by atomic mass is 10.0. The third-order valence-electron chi connectivity index (χ3n) is 2.36. The van der Waals surface area contributed by atoms with Crippen LogP contribution in [0.25, 0.3) is 0 Å². The molecule has 92 valence electrons. The Labute approximate surface area is 105 Å². The maximum absolute atomic E-state index is 5.61. The Morgan fingerprint density at radius 2 is 1.76 bits per heavy atom. The molecule has 1 unspecified atom stereocenters. The molecule has 0 aliphatic rings. The van der Waals surface area contributed by atoms with Crippen LogP contribution in [0.2, 0.25) is 0 Å². The van der Waals surface area contributed by atoms with Crippen LogP contribution in [0.3, 0.4) is 0 Å². The van der Waals surface area contributed by atoms with Gasteiger partial charge in [-0.15, -0.1) is 5.92 Å². The van der Waals surface area contributed by atoms with Crippen LogP contribution >= 0.6 is 0 Å². The summed E-state index contributed by atoms with van der Waals surface area (Å²) in [7, 11) is 0. The number of ether oxygens (including phenoxy) is 1. The smallest absolute Gasteiger partial charge is 0.119 e. The third kappa shape index (κ3) is 5.45. The van der Waals surface area contributed by atoms with E-state index in [2.05, 4.69) is 37.8 Å². The highest BCUT2D eigenvalue weighted by Gasteiger charge is 2.01. The Balaban J connectivity index is 2.56. The van der Waals surface area contributed by atoms with Gasteiger partial charge in [-0.05, 0) is 38.0 Å². The van der Waals surface area contributed by atoms with Crippen molar-refractivity contribution in [3.63, 3.8) is 0 Å². The molecule has 0 amide bonds. The van der Waals surface area contributed by atoms with Crippen molar-refractivity contribution < 1.29 is 4.74 Å². The summed E-state index contributed by atoms with van der Waals surface area (Å²) in [5.74, 6) is 7.74. The Kier molecular flexibility index (Phi) is 5.63. The van der Waals surface area contributed by atoms with Gasteiger partial charge in [0.15, 0.2) is 0 Å². The molecule has 0 spiro atoms. The Hall–Kier alpha value is -1.42. The molecule has 0 saturated heterocycles. The van der Waals surface area contributed by atoms with Crippen molar-refractivity contribution in [2.24, 2.45) is 5.92 Å². The highest BCUT2D eigenvalue weighted by Crippen LogP contribution is 2.16. The Morgan fingerprint density at radius 1 is 1.12 bits per heavy atom. The van der Waals surface area contributed by atoms with Gasteiger partial charge in [0, 0.05) is 12.3 Å². The second-order valence-electron chi connectivity index (χ2n) is 4.59. The number of rotatable bonds is 4. The van der Waals surface area contributed by atoms with Crippen molar-refractivity contribution in [2.75, 3.05) is 0 Å². The Morgan fingerprint density at radius 3 is 2.29 bits per heavy atom. The maximum atomic E-state index is 5.61. The SMILES string of the molecule is CCC#CC(C)Cc1ccc(OC(C)C)cc1. The summed E-state index contributed by atoms with van der Waals surface area (Å²) in [4.78, 5) is 0. The van der Waals surface area contributed by atoms with E-state index >= 15 is 0 Å². The zero-order chi connectivity index (χ0) is 12.7. The molecule has 0 radical (unpaired) electrons. The molecule has 0 heterocycles. The van der Waals surface area contributed by atoms with Crippen molar-refractivity contribution in [2.45, 2.75) is 46.6 Å². The zero-order valence-corrected chi connectivity index (χ0v) is 11.3. The van der Waals surface area contributed by atoms with Gasteiger partial charge in [0.2, 0.25) is 0 Å². The van der Waals surface area contributed by atoms with Gasteiger partial charge in [-0.25, -0.2) is 0 Å². The second-order valence-corrected chi connectivity index (χ2v) is 4.59. The number of hydrogen-bond donors (Lipinski definition) is 0. The van der Waals surface area contributed by atoms with E-state index < -0.39 is 0 Å². The first kappa shape index (κ1) is 13.6. The lowest BCUT2D eigenvalue weighted by molar-refractivity contribution is 0.242. The molecule has 17 heavy (non-hydrogen) atoms. The molecule has 1 nitrogen and oxygen atoms in total. The maximum Gasteiger partial charge on any atom is 0.119 e. The minimum Gasteiger partial charge on any atom is -0.491 e. The fourth-order valence-electron chi connectivity index (χ4n) is 1.66. The summed E-state index contributed by atoms with van der Waals surface area (Å²) < 4.78 is 5.61. The van der Waals surface area contributed by atoms with E-state index in [1.54, 1.807) is 0 Å². The second kappa shape index (κ2) is 7.01. The van der Waals surface area contributed by atoms with Gasteiger partial charge in [-0.2, -0.15) is 0 Å². The minimum atomic E-state index is 0.232. The summed E-state index contributed by atoms with van der Waals surface area (Å²) in [6.07, 6.45) is 2.18. The summed E-state index contributed by atoms with van der Waals surface area (Å²) in [5, 5.41) is 0. The van der Waals surface area contributed by atoms with E-state index in [1.807, 2.05) is 26.0 Å². The monoisotopic (exact) mass is 230 g/mol. The van der Waals surface area contributed by atoms with E-state index in [-0.39, 0.29) is 6.10 Å². The van der Waals surface area contributed by atoms with Crippen molar-refractivity contribution in [1.29, 1.82) is 0 Å². The van der Waals surface area contributed by atoms with Crippen LogP contribution in [0.5, 0.6) is 5.75 Å². The molecule has 0 saturated carbocycles. The van der Waals surface area contributed by atoms with Gasteiger partial charge in [0.05, 0.1) is 6.10 Å². The number of hydrogen-bond acceptors (Lipinski definition) is 1. The van der Waals surface area contributed by atoms with Gasteiger partial charge in [-0.1, -0.05) is 31.9 Å². The first-order chi connectivity index (χ1) is 8.11. The topological polar surface area (TPSA) is 9.23 Å². The van der Waals surface area contributed by atoms with Crippen LogP contribution in [0.1, 0.15) is 39.7 Å². The van der Waals surface area contributed by atoms with Crippen molar-refractivity contribution in [3.05, 3.63) is 29.8 Å². The lowest BCUT2D eigenvalue weighted by Crippen LogP contribution is -2.05. The van der Waals surface area contributed by atoms with Crippen LogP contribution < -0.4 is 4.74 Å². The first-order valence-electron chi connectivity index (χ1n) is 6.35. The molecule has 0 aromatic heterocycles. The molecule has 1 heteroatoms. The molecular weight excluding hydrogens is 208 g/mol. The van der Waals surface area contributed by atoms with Crippen molar-refractivity contribution >= 4 is 0 Å². The van der Waals surface area contributed by atoms with Crippen molar-refractivity contribution in [1.82, 2.24) is 0 Å². The molecule has 0 fully saturated rings. The standard InChI is InChI=1S/C16H22O/c1-5-6-7-14(4)12-15-8-10-16(11-9-15)17-13(2)3/h8-11,13-14H,5,12H2,1-4H3. The fraction of sp³-hybridized carbons (Fsp3) is 0.500. The normalized spacial score (nSPS) is 11.8. The van der Waals surface area contributed by atoms with Crippen molar-refractivity contribution in [3.8, 4) is 17.6 Å². The van der Waals surface area contributed by atoms with E-state index in [0.29, 0.717) is 5.92 Å². The average molecular weight is 230 g/mol. The fourth-order valence-corrected chi connectivity index (χ4v) is 1.66. The molecule has 1 aromatic rings. The van der Waals surface area contributed by atoms with Crippen LogP contribution in [0.15, 0.2) is 24.3 Å². The minimum absolute atomic E-state index is 0.232. The third-order valence-corrected chi connectivity index (χ3v) is 2.36. The summed E-state index contributed by atoms with van der Waals surface area (Å²) in [6.45, 7) is 8.33. The molecule has 1 atom stereocenters. The molecule has 1 aromatic carbocycles. The van der Waals surface area contributed by atoms with Gasteiger partial charge in [-0.3, -0.25) is 0 Å². The van der Waals surface area contributed by atoms with Crippen LogP contribution in [0, 0.1) is 17.8 Å². The van der Waals surface area contributed by atoms with Gasteiger partial charge >= 0.3 is 0 Å². The van der Waals surface area contributed by atoms with Crippen LogP contribution in [-0.2, 0) is 6.42 Å². The summed E-state index contributed by atoms with van der Waals surface area (Å²) in [6, 6.07) is 8.33. The lowest BCUT2D eigenvalue weighted by Gasteiger charge is -2.10. The van der Waals surface area contributed by atoms with Crippen LogP contribution in [0.4, 0.5) is 0 Å². The quantitative estimate of drug-likeness (QED) is 0.709. The molecule has 0 N–H and O–H groups in total. The van der Waals surface area contributed by atoms with E-state index in [9.17, 15) is 0 Å². The molecule has 1 rings (SSSR count). The largest absolute Gasteiger partial charge is 0.491 e. The van der Waals surface area contributed by atoms with Gasteiger partial charge in [0.1, 0.15) is 5.75 Å². The highest BCUT2D eigenvalue weighted by molar-refractivity contribution is 5.28. The van der Waals surface area contributed by atoms with Gasteiger partial charge < -0.3 is 4.74 Å². The van der Waals surface area contributed by atoms with E-state index in [1.165, 1.54) is 5.56 Å². The highest BCUT2D eigenvalue weighted by atomic mass is 16.5. The molecule has 0 aliphatic carbocycles. The molecular formula is C16H22O. The zero-order valence-electron chi connectivity index (χ0n) is 11.3. The molecule has 0 bridgehead atoms. The predicted octanol–water partition coefficient (Wildman–Crippen LogP) is 4.07. The van der Waals surface area contributed by atoms with E-state index in [0.717, 1.165) is 18.6 Å². The van der Waals surface area contributed by atoms with E-state index in [4.69, 9.17) is 4.74 Å². The summed E-state index contributed by atoms with van der Waals surface area (Å²) >= 11 is 0. The van der Waals surface area contributed by atoms with Gasteiger partial charge in [0.25, 0.3) is 0 Å². The Bertz CT molecular complexity index is 378. The summed E-state index contributed by atoms with van der Waals surface area (Å²) in [5.41, 5.74) is 1.32. The molecule has 0 aliphatic heterocycles. The number of benzene rings is 1.